The molecule has 1 N–H and O–H groups in total. The van der Waals surface area contributed by atoms with Crippen molar-refractivity contribution in [1.29, 1.82) is 0 Å². The molecular formula is C11H14N2O2. The van der Waals surface area contributed by atoms with Crippen LogP contribution in [0.15, 0.2) is 24.5 Å². The minimum atomic E-state index is -0.707. The van der Waals surface area contributed by atoms with Crippen molar-refractivity contribution in [3.8, 4) is 0 Å². The molecule has 0 spiro atoms. The molecule has 4 nitrogen and oxygen atoms in total. The molecule has 1 aromatic heterocycles. The first-order chi connectivity index (χ1) is 7.20. The van der Waals surface area contributed by atoms with Crippen molar-refractivity contribution in [1.82, 2.24) is 9.88 Å². The van der Waals surface area contributed by atoms with Gasteiger partial charge in [0.25, 0.3) is 0 Å². The summed E-state index contributed by atoms with van der Waals surface area (Å²) >= 11 is 0. The largest absolute Gasteiger partial charge is 0.481 e. The number of carboxylic acid groups (broad SMARTS) is 1. The van der Waals surface area contributed by atoms with Gasteiger partial charge in [-0.1, -0.05) is 0 Å². The second-order valence-corrected chi connectivity index (χ2v) is 3.94. The molecule has 0 aliphatic carbocycles. The van der Waals surface area contributed by atoms with Crippen LogP contribution in [0.3, 0.4) is 0 Å². The zero-order valence-corrected chi connectivity index (χ0v) is 8.63. The van der Waals surface area contributed by atoms with E-state index in [4.69, 9.17) is 5.11 Å². The molecule has 0 radical (unpaired) electrons. The number of hydrogen-bond donors (Lipinski definition) is 1. The monoisotopic (exact) mass is 206 g/mol. The summed E-state index contributed by atoms with van der Waals surface area (Å²) in [5.41, 5.74) is 1.04. The highest BCUT2D eigenvalue weighted by molar-refractivity contribution is 5.71. The van der Waals surface area contributed by atoms with Crippen LogP contribution in [0.4, 0.5) is 0 Å². The standard InChI is InChI=1S/C11H14N2O2/c1-13-7-4-9(11(14)15)10(13)8-2-5-12-6-3-8/h2-3,5-6,9-10H,4,7H2,1H3,(H,14,15). The van der Waals surface area contributed by atoms with Crippen molar-refractivity contribution >= 4 is 5.97 Å². The summed E-state index contributed by atoms with van der Waals surface area (Å²) in [6.45, 7) is 0.837. The quantitative estimate of drug-likeness (QED) is 0.789. The van der Waals surface area contributed by atoms with E-state index in [1.54, 1.807) is 12.4 Å². The first-order valence-electron chi connectivity index (χ1n) is 5.03. The van der Waals surface area contributed by atoms with Crippen molar-refractivity contribution in [2.75, 3.05) is 13.6 Å². The van der Waals surface area contributed by atoms with Gasteiger partial charge in [0.15, 0.2) is 0 Å². The van der Waals surface area contributed by atoms with Gasteiger partial charge in [-0.15, -0.1) is 0 Å². The molecule has 2 unspecified atom stereocenters. The third kappa shape index (κ3) is 1.85. The SMILES string of the molecule is CN1CCC(C(=O)O)C1c1ccncc1. The van der Waals surface area contributed by atoms with E-state index >= 15 is 0 Å². The molecule has 1 aliphatic heterocycles. The summed E-state index contributed by atoms with van der Waals surface area (Å²) in [7, 11) is 1.97. The Morgan fingerprint density at radius 1 is 1.53 bits per heavy atom. The molecule has 4 heteroatoms. The van der Waals surface area contributed by atoms with Gasteiger partial charge in [0.05, 0.1) is 5.92 Å². The van der Waals surface area contributed by atoms with Crippen LogP contribution in [0.5, 0.6) is 0 Å². The Balaban J connectivity index is 2.29. The zero-order chi connectivity index (χ0) is 10.8. The summed E-state index contributed by atoms with van der Waals surface area (Å²) in [5, 5.41) is 9.12. The molecule has 80 valence electrons. The maximum absolute atomic E-state index is 11.1. The summed E-state index contributed by atoms with van der Waals surface area (Å²) in [4.78, 5) is 17.1. The first kappa shape index (κ1) is 10.1. The predicted octanol–water partition coefficient (Wildman–Crippen LogP) is 1.16. The minimum Gasteiger partial charge on any atom is -0.481 e. The highest BCUT2D eigenvalue weighted by atomic mass is 16.4. The van der Waals surface area contributed by atoms with Crippen LogP contribution >= 0.6 is 0 Å². The third-order valence-corrected chi connectivity index (χ3v) is 3.01. The molecule has 1 saturated heterocycles. The summed E-state index contributed by atoms with van der Waals surface area (Å²) in [5.74, 6) is -1.00. The molecule has 1 aliphatic rings. The van der Waals surface area contributed by atoms with Crippen LogP contribution in [0.2, 0.25) is 0 Å². The maximum atomic E-state index is 11.1. The van der Waals surface area contributed by atoms with Crippen LogP contribution in [-0.2, 0) is 4.79 Å². The van der Waals surface area contributed by atoms with Gasteiger partial charge in [0, 0.05) is 18.4 Å². The molecule has 0 aromatic carbocycles. The van der Waals surface area contributed by atoms with Crippen molar-refractivity contribution in [2.24, 2.45) is 5.92 Å². The van der Waals surface area contributed by atoms with Gasteiger partial charge in [0.1, 0.15) is 0 Å². The number of likely N-dealkylation sites (tertiary alicyclic amines) is 1. The topological polar surface area (TPSA) is 53.4 Å². The van der Waals surface area contributed by atoms with E-state index in [1.807, 2.05) is 19.2 Å². The number of carbonyl (C=O) groups is 1. The van der Waals surface area contributed by atoms with E-state index < -0.39 is 5.97 Å². The molecule has 2 rings (SSSR count). The predicted molar refractivity (Wildman–Crippen MR) is 55.4 cm³/mol. The molecule has 0 saturated carbocycles. The molecule has 1 aromatic rings. The molecule has 15 heavy (non-hydrogen) atoms. The van der Waals surface area contributed by atoms with Crippen LogP contribution in [0.25, 0.3) is 0 Å². The van der Waals surface area contributed by atoms with E-state index in [-0.39, 0.29) is 12.0 Å². The van der Waals surface area contributed by atoms with Gasteiger partial charge < -0.3 is 5.11 Å². The van der Waals surface area contributed by atoms with Gasteiger partial charge in [0.2, 0.25) is 0 Å². The third-order valence-electron chi connectivity index (χ3n) is 3.01. The normalized spacial score (nSPS) is 26.7. The fourth-order valence-electron chi connectivity index (χ4n) is 2.25. The smallest absolute Gasteiger partial charge is 0.308 e. The summed E-state index contributed by atoms with van der Waals surface area (Å²) in [6.07, 6.45) is 4.14. The Bertz CT molecular complexity index is 353. The van der Waals surface area contributed by atoms with Crippen LogP contribution in [0.1, 0.15) is 18.0 Å². The second-order valence-electron chi connectivity index (χ2n) is 3.94. The number of nitrogens with zero attached hydrogens (tertiary/aromatic N) is 2. The Morgan fingerprint density at radius 2 is 2.20 bits per heavy atom. The molecule has 2 atom stereocenters. The van der Waals surface area contributed by atoms with Crippen molar-refractivity contribution in [2.45, 2.75) is 12.5 Å². The summed E-state index contributed by atoms with van der Waals surface area (Å²) in [6, 6.07) is 3.77. The Labute approximate surface area is 88.6 Å². The number of aliphatic carboxylic acids is 1. The number of hydrogen-bond acceptors (Lipinski definition) is 3. The van der Waals surface area contributed by atoms with E-state index in [0.717, 1.165) is 18.5 Å². The van der Waals surface area contributed by atoms with E-state index in [9.17, 15) is 4.79 Å². The van der Waals surface area contributed by atoms with Gasteiger partial charge in [-0.2, -0.15) is 0 Å². The van der Waals surface area contributed by atoms with Gasteiger partial charge in [-0.25, -0.2) is 0 Å². The second kappa shape index (κ2) is 3.98. The molecular weight excluding hydrogens is 192 g/mol. The fourth-order valence-corrected chi connectivity index (χ4v) is 2.25. The highest BCUT2D eigenvalue weighted by Gasteiger charge is 2.37. The highest BCUT2D eigenvalue weighted by Crippen LogP contribution is 2.35. The Morgan fingerprint density at radius 3 is 2.80 bits per heavy atom. The Kier molecular flexibility index (Phi) is 2.68. The molecule has 2 heterocycles. The molecule has 0 amide bonds. The lowest BCUT2D eigenvalue weighted by Crippen LogP contribution is -2.25. The summed E-state index contributed by atoms with van der Waals surface area (Å²) < 4.78 is 0. The van der Waals surface area contributed by atoms with Crippen molar-refractivity contribution in [3.63, 3.8) is 0 Å². The molecule has 0 bridgehead atoms. The minimum absolute atomic E-state index is 0.00880. The van der Waals surface area contributed by atoms with E-state index in [1.165, 1.54) is 0 Å². The number of pyridine rings is 1. The average Bonchev–Trinajstić information content (AvgIpc) is 2.61. The van der Waals surface area contributed by atoms with Gasteiger partial charge >= 0.3 is 5.97 Å². The van der Waals surface area contributed by atoms with Crippen molar-refractivity contribution < 1.29 is 9.90 Å². The van der Waals surface area contributed by atoms with E-state index in [2.05, 4.69) is 9.88 Å². The van der Waals surface area contributed by atoms with Crippen LogP contribution in [0, 0.1) is 5.92 Å². The fraction of sp³-hybridized carbons (Fsp3) is 0.455. The number of aromatic nitrogens is 1. The average molecular weight is 206 g/mol. The number of carboxylic acids is 1. The van der Waals surface area contributed by atoms with Crippen molar-refractivity contribution in [3.05, 3.63) is 30.1 Å². The first-order valence-corrected chi connectivity index (χ1v) is 5.03. The van der Waals surface area contributed by atoms with E-state index in [0.29, 0.717) is 0 Å². The van der Waals surface area contributed by atoms with Crippen LogP contribution < -0.4 is 0 Å². The van der Waals surface area contributed by atoms with Crippen LogP contribution in [-0.4, -0.2) is 34.6 Å². The lowest BCUT2D eigenvalue weighted by Gasteiger charge is -2.22. The van der Waals surface area contributed by atoms with Gasteiger partial charge in [-0.3, -0.25) is 14.7 Å². The molecule has 1 fully saturated rings. The lowest BCUT2D eigenvalue weighted by atomic mass is 9.95. The lowest BCUT2D eigenvalue weighted by molar-refractivity contribution is -0.142. The number of rotatable bonds is 2. The Hall–Kier alpha value is -1.42. The van der Waals surface area contributed by atoms with Gasteiger partial charge in [-0.05, 0) is 37.7 Å². The zero-order valence-electron chi connectivity index (χ0n) is 8.63. The maximum Gasteiger partial charge on any atom is 0.308 e.